The second-order valence-corrected chi connectivity index (χ2v) is 10.2. The van der Waals surface area contributed by atoms with Gasteiger partial charge >= 0.3 is 8.09 Å². The number of nitrogens with one attached hydrogen (secondary N) is 2. The summed E-state index contributed by atoms with van der Waals surface area (Å²) in [5.74, 6) is 0.148. The standard InChI is InChI=1S/C19H40N3O4P/c1-6-22(7-2,8-3)15-18(23)20-13-11-9-10-12-14-21-27(24)25-16-19(4,5)17-26-27/h6-17H2,1-5H3,(H-,20,21,23,24)/p+1. The number of likely N-dealkylation sites (N-methyl/N-ethyl adjacent to an activating group) is 1. The van der Waals surface area contributed by atoms with E-state index in [0.29, 0.717) is 26.3 Å². The molecule has 1 aliphatic heterocycles. The van der Waals surface area contributed by atoms with Gasteiger partial charge in [0.05, 0.1) is 19.6 Å². The number of carbonyl (C=O) groups excluding carboxylic acids is 1. The van der Waals surface area contributed by atoms with Crippen LogP contribution in [0.15, 0.2) is 0 Å². The lowest BCUT2D eigenvalue weighted by atomic mass is 9.97. The van der Waals surface area contributed by atoms with Crippen LogP contribution in [-0.2, 0) is 13.8 Å². The second kappa shape index (κ2) is 11.6. The molecule has 27 heavy (non-hydrogen) atoms. The Morgan fingerprint density at radius 2 is 1.52 bits per heavy atom. The monoisotopic (exact) mass is 406 g/mol. The fourth-order valence-electron chi connectivity index (χ4n) is 3.10. The Labute approximate surface area is 166 Å². The largest absolute Gasteiger partial charge is 0.616 e. The summed E-state index contributed by atoms with van der Waals surface area (Å²) < 4.78 is 11.6. The number of unbranched alkanes of at least 4 members (excludes halogenated alkanes) is 3. The van der Waals surface area contributed by atoms with Gasteiger partial charge in [0.25, 0.3) is 5.91 Å². The van der Waals surface area contributed by atoms with E-state index in [1.807, 2.05) is 13.8 Å². The van der Waals surface area contributed by atoms with Crippen LogP contribution in [0.25, 0.3) is 0 Å². The molecule has 0 atom stereocenters. The molecule has 0 radical (unpaired) electrons. The molecular weight excluding hydrogens is 365 g/mol. The van der Waals surface area contributed by atoms with E-state index in [-0.39, 0.29) is 11.3 Å². The molecule has 0 aromatic heterocycles. The summed E-state index contributed by atoms with van der Waals surface area (Å²) >= 11 is 0. The maximum Gasteiger partial charge on any atom is 0.312 e. The van der Waals surface area contributed by atoms with Gasteiger partial charge in [-0.05, 0) is 33.6 Å². The van der Waals surface area contributed by atoms with Gasteiger partial charge < -0.3 is 14.7 Å². The molecule has 1 amide bonds. The van der Waals surface area contributed by atoms with Crippen molar-refractivity contribution < 1.29 is 23.2 Å². The van der Waals surface area contributed by atoms with Gasteiger partial charge in [-0.2, -0.15) is 9.05 Å². The Balaban J connectivity index is 2.05. The van der Waals surface area contributed by atoms with Gasteiger partial charge in [0, 0.05) is 18.5 Å². The van der Waals surface area contributed by atoms with E-state index in [4.69, 9.17) is 9.05 Å². The third-order valence-corrected chi connectivity index (χ3v) is 7.02. The summed E-state index contributed by atoms with van der Waals surface area (Å²) in [6.07, 6.45) is 3.94. The SMILES string of the molecule is CC[N+](CC)(CC)CC(=O)NCCCCCCN[P+]1([O-])OCC(C)(C)CO1. The lowest BCUT2D eigenvalue weighted by Gasteiger charge is -2.37. The van der Waals surface area contributed by atoms with Gasteiger partial charge in [-0.25, -0.2) is 0 Å². The summed E-state index contributed by atoms with van der Waals surface area (Å²) in [6.45, 7) is 16.3. The first-order chi connectivity index (χ1) is 12.7. The van der Waals surface area contributed by atoms with Crippen LogP contribution < -0.4 is 15.3 Å². The first-order valence-corrected chi connectivity index (χ1v) is 12.0. The summed E-state index contributed by atoms with van der Waals surface area (Å²) in [4.78, 5) is 24.4. The molecule has 1 aliphatic rings. The van der Waals surface area contributed by atoms with E-state index in [1.165, 1.54) is 0 Å². The fourth-order valence-corrected chi connectivity index (χ4v) is 4.83. The predicted molar refractivity (Wildman–Crippen MR) is 109 cm³/mol. The van der Waals surface area contributed by atoms with E-state index >= 15 is 0 Å². The predicted octanol–water partition coefficient (Wildman–Crippen LogP) is 2.24. The number of hydrogen-bond acceptors (Lipinski definition) is 5. The first-order valence-electron chi connectivity index (χ1n) is 10.5. The highest BCUT2D eigenvalue weighted by Gasteiger charge is 2.40. The molecule has 1 heterocycles. The van der Waals surface area contributed by atoms with Crippen molar-refractivity contribution in [2.45, 2.75) is 60.3 Å². The minimum atomic E-state index is -3.11. The number of rotatable bonds is 13. The molecular formula is C19H41N3O4P+. The highest BCUT2D eigenvalue weighted by atomic mass is 31.2. The molecule has 160 valence electrons. The number of nitrogens with zero attached hydrogens (tertiary/aromatic N) is 1. The van der Waals surface area contributed by atoms with Crippen molar-refractivity contribution in [3.05, 3.63) is 0 Å². The zero-order valence-electron chi connectivity index (χ0n) is 18.0. The second-order valence-electron chi connectivity index (χ2n) is 8.33. The van der Waals surface area contributed by atoms with Crippen LogP contribution in [0.4, 0.5) is 0 Å². The van der Waals surface area contributed by atoms with Crippen LogP contribution in [0.5, 0.6) is 0 Å². The Bertz CT molecular complexity index is 426. The molecule has 1 fully saturated rings. The topological polar surface area (TPSA) is 82.7 Å². The van der Waals surface area contributed by atoms with Crippen LogP contribution >= 0.6 is 8.09 Å². The molecule has 8 heteroatoms. The third-order valence-electron chi connectivity index (χ3n) is 5.47. The quantitative estimate of drug-likeness (QED) is 0.278. The number of quaternary nitrogens is 1. The highest BCUT2D eigenvalue weighted by Crippen LogP contribution is 2.53. The van der Waals surface area contributed by atoms with Crippen LogP contribution in [0.3, 0.4) is 0 Å². The Hall–Kier alpha value is -0.300. The van der Waals surface area contributed by atoms with Crippen molar-refractivity contribution in [3.63, 3.8) is 0 Å². The lowest BCUT2D eigenvalue weighted by Crippen LogP contribution is -2.53. The van der Waals surface area contributed by atoms with E-state index in [1.54, 1.807) is 0 Å². The minimum absolute atomic E-state index is 0.0794. The smallest absolute Gasteiger partial charge is 0.312 e. The molecule has 0 aliphatic carbocycles. The van der Waals surface area contributed by atoms with Gasteiger partial charge in [-0.3, -0.25) is 4.79 Å². The summed E-state index contributed by atoms with van der Waals surface area (Å²) in [7, 11) is -3.11. The molecule has 1 saturated heterocycles. The fraction of sp³-hybridized carbons (Fsp3) is 0.947. The molecule has 0 aromatic rings. The molecule has 1 rings (SSSR count). The van der Waals surface area contributed by atoms with Gasteiger partial charge in [-0.15, -0.1) is 5.09 Å². The van der Waals surface area contributed by atoms with Crippen LogP contribution in [0.2, 0.25) is 0 Å². The van der Waals surface area contributed by atoms with E-state index in [2.05, 4.69) is 31.2 Å². The molecule has 0 bridgehead atoms. The third kappa shape index (κ3) is 9.16. The first kappa shape index (κ1) is 24.7. The number of carbonyl (C=O) groups is 1. The summed E-state index contributed by atoms with van der Waals surface area (Å²) in [5, 5.41) is 5.97. The summed E-state index contributed by atoms with van der Waals surface area (Å²) in [6, 6.07) is 0. The zero-order chi connectivity index (χ0) is 20.4. The van der Waals surface area contributed by atoms with Gasteiger partial charge in [0.15, 0.2) is 6.54 Å². The summed E-state index contributed by atoms with van der Waals surface area (Å²) in [5.41, 5.74) is -0.0794. The van der Waals surface area contributed by atoms with E-state index in [0.717, 1.165) is 56.3 Å². The van der Waals surface area contributed by atoms with Crippen LogP contribution in [-0.4, -0.2) is 62.9 Å². The molecule has 7 nitrogen and oxygen atoms in total. The van der Waals surface area contributed by atoms with Gasteiger partial charge in [0.1, 0.15) is 13.2 Å². The normalized spacial score (nSPS) is 19.0. The lowest BCUT2D eigenvalue weighted by molar-refractivity contribution is -0.915. The van der Waals surface area contributed by atoms with Crippen LogP contribution in [0.1, 0.15) is 60.3 Å². The van der Waals surface area contributed by atoms with E-state index in [9.17, 15) is 9.69 Å². The van der Waals surface area contributed by atoms with Crippen molar-refractivity contribution in [1.29, 1.82) is 0 Å². The maximum absolute atomic E-state index is 12.3. The van der Waals surface area contributed by atoms with Crippen molar-refractivity contribution in [3.8, 4) is 0 Å². The van der Waals surface area contributed by atoms with E-state index < -0.39 is 8.09 Å². The molecule has 2 N–H and O–H groups in total. The van der Waals surface area contributed by atoms with Crippen molar-refractivity contribution in [1.82, 2.24) is 10.4 Å². The number of amides is 1. The molecule has 0 spiro atoms. The van der Waals surface area contributed by atoms with Crippen LogP contribution in [0, 0.1) is 5.41 Å². The average molecular weight is 407 g/mol. The van der Waals surface area contributed by atoms with Gasteiger partial charge in [0.2, 0.25) is 0 Å². The zero-order valence-corrected chi connectivity index (χ0v) is 18.9. The molecule has 0 aromatic carbocycles. The van der Waals surface area contributed by atoms with Crippen molar-refractivity contribution in [2.75, 3.05) is 52.5 Å². The average Bonchev–Trinajstić information content (AvgIpc) is 2.65. The number of hydrogen-bond donors (Lipinski definition) is 2. The minimum Gasteiger partial charge on any atom is -0.616 e. The Morgan fingerprint density at radius 1 is 1.00 bits per heavy atom. The highest BCUT2D eigenvalue weighted by molar-refractivity contribution is 7.57. The molecule has 0 unspecified atom stereocenters. The maximum atomic E-state index is 12.3. The Kier molecular flexibility index (Phi) is 10.7. The van der Waals surface area contributed by atoms with Gasteiger partial charge in [-0.1, -0.05) is 26.7 Å². The van der Waals surface area contributed by atoms with Crippen molar-refractivity contribution >= 4 is 14.0 Å². The van der Waals surface area contributed by atoms with Crippen molar-refractivity contribution in [2.24, 2.45) is 5.41 Å². The molecule has 0 saturated carbocycles. The Morgan fingerprint density at radius 3 is 2.04 bits per heavy atom.